The molecule has 80 valence electrons. The first-order chi connectivity index (χ1) is 7.36. The summed E-state index contributed by atoms with van der Waals surface area (Å²) in [5.74, 6) is 1.52. The molecule has 1 aliphatic rings. The molecule has 1 aliphatic heterocycles. The molecule has 1 aromatic carbocycles. The lowest BCUT2D eigenvalue weighted by Crippen LogP contribution is -2.46. The van der Waals surface area contributed by atoms with Crippen LogP contribution in [-0.2, 0) is 6.42 Å². The standard InChI is InChI=1S/C12H17N3/c1-10(12-13-7-8-14-15-12)9-11-5-3-2-4-6-11/h2-6,10,14H,7-9H2,1H3,(H,13,15). The number of nitrogens with zero attached hydrogens (tertiary/aromatic N) is 1. The molecule has 0 aromatic heterocycles. The smallest absolute Gasteiger partial charge is 0.114 e. The van der Waals surface area contributed by atoms with Gasteiger partial charge in [-0.1, -0.05) is 37.3 Å². The molecular weight excluding hydrogens is 186 g/mol. The molecule has 1 aromatic rings. The molecule has 15 heavy (non-hydrogen) atoms. The van der Waals surface area contributed by atoms with E-state index in [1.807, 2.05) is 6.07 Å². The lowest BCUT2D eigenvalue weighted by molar-refractivity contribution is 0.582. The molecule has 1 heterocycles. The molecule has 1 atom stereocenters. The van der Waals surface area contributed by atoms with E-state index >= 15 is 0 Å². The van der Waals surface area contributed by atoms with E-state index in [4.69, 9.17) is 0 Å². The van der Waals surface area contributed by atoms with E-state index in [1.165, 1.54) is 5.56 Å². The number of hydrazine groups is 1. The van der Waals surface area contributed by atoms with Crippen LogP contribution in [0.4, 0.5) is 0 Å². The minimum absolute atomic E-state index is 0.445. The number of rotatable bonds is 3. The summed E-state index contributed by atoms with van der Waals surface area (Å²) >= 11 is 0. The summed E-state index contributed by atoms with van der Waals surface area (Å²) in [6.45, 7) is 3.99. The molecule has 0 radical (unpaired) electrons. The van der Waals surface area contributed by atoms with Crippen LogP contribution >= 0.6 is 0 Å². The molecule has 2 rings (SSSR count). The van der Waals surface area contributed by atoms with Crippen LogP contribution in [-0.4, -0.2) is 18.9 Å². The average Bonchev–Trinajstić information content (AvgIpc) is 2.31. The molecule has 0 spiro atoms. The maximum atomic E-state index is 4.47. The predicted octanol–water partition coefficient (Wildman–Crippen LogP) is 1.37. The number of hydrogen-bond acceptors (Lipinski definition) is 3. The molecule has 0 amide bonds. The zero-order chi connectivity index (χ0) is 10.5. The third kappa shape index (κ3) is 2.80. The highest BCUT2D eigenvalue weighted by Crippen LogP contribution is 2.09. The lowest BCUT2D eigenvalue weighted by atomic mass is 10.00. The minimum atomic E-state index is 0.445. The molecule has 1 unspecified atom stereocenters. The van der Waals surface area contributed by atoms with E-state index in [1.54, 1.807) is 0 Å². The van der Waals surface area contributed by atoms with Crippen molar-refractivity contribution >= 4 is 5.84 Å². The molecule has 3 heteroatoms. The van der Waals surface area contributed by atoms with Gasteiger partial charge in [-0.2, -0.15) is 0 Å². The minimum Gasteiger partial charge on any atom is -0.309 e. The van der Waals surface area contributed by atoms with Crippen molar-refractivity contribution in [1.29, 1.82) is 0 Å². The Morgan fingerprint density at radius 2 is 2.13 bits per heavy atom. The van der Waals surface area contributed by atoms with E-state index < -0.39 is 0 Å². The van der Waals surface area contributed by atoms with Gasteiger partial charge in [-0.25, -0.2) is 5.43 Å². The fourth-order valence-corrected chi connectivity index (χ4v) is 1.77. The Morgan fingerprint density at radius 1 is 1.33 bits per heavy atom. The van der Waals surface area contributed by atoms with Crippen molar-refractivity contribution in [2.75, 3.05) is 13.1 Å². The van der Waals surface area contributed by atoms with Crippen molar-refractivity contribution in [3.63, 3.8) is 0 Å². The quantitative estimate of drug-likeness (QED) is 0.778. The SMILES string of the molecule is CC(Cc1ccccc1)C1=NCCNN1. The highest BCUT2D eigenvalue weighted by atomic mass is 15.4. The largest absolute Gasteiger partial charge is 0.309 e. The van der Waals surface area contributed by atoms with Crippen molar-refractivity contribution in [2.24, 2.45) is 10.9 Å². The average molecular weight is 203 g/mol. The van der Waals surface area contributed by atoms with Crippen LogP contribution in [0.1, 0.15) is 12.5 Å². The normalized spacial score (nSPS) is 17.8. The zero-order valence-electron chi connectivity index (χ0n) is 9.03. The first kappa shape index (κ1) is 10.2. The second-order valence-corrected chi connectivity index (χ2v) is 3.91. The summed E-state index contributed by atoms with van der Waals surface area (Å²) in [7, 11) is 0. The second kappa shape index (κ2) is 4.94. The Balaban J connectivity index is 1.97. The summed E-state index contributed by atoms with van der Waals surface area (Å²) in [5.41, 5.74) is 7.62. The molecular formula is C12H17N3. The zero-order valence-corrected chi connectivity index (χ0v) is 9.03. The first-order valence-corrected chi connectivity index (χ1v) is 5.43. The molecule has 0 saturated heterocycles. The summed E-state index contributed by atoms with van der Waals surface area (Å²) in [6, 6.07) is 10.5. The third-order valence-corrected chi connectivity index (χ3v) is 2.59. The first-order valence-electron chi connectivity index (χ1n) is 5.43. The third-order valence-electron chi connectivity index (χ3n) is 2.59. The van der Waals surface area contributed by atoms with Gasteiger partial charge in [0, 0.05) is 12.5 Å². The van der Waals surface area contributed by atoms with Crippen molar-refractivity contribution in [2.45, 2.75) is 13.3 Å². The van der Waals surface area contributed by atoms with Gasteiger partial charge in [0.2, 0.25) is 0 Å². The van der Waals surface area contributed by atoms with Gasteiger partial charge in [0.1, 0.15) is 5.84 Å². The molecule has 0 aliphatic carbocycles. The summed E-state index contributed by atoms with van der Waals surface area (Å²) in [6.07, 6.45) is 1.04. The molecule has 0 bridgehead atoms. The topological polar surface area (TPSA) is 36.4 Å². The van der Waals surface area contributed by atoms with E-state index in [9.17, 15) is 0 Å². The van der Waals surface area contributed by atoms with Crippen LogP contribution in [0.5, 0.6) is 0 Å². The van der Waals surface area contributed by atoms with Crippen molar-refractivity contribution < 1.29 is 0 Å². The highest BCUT2D eigenvalue weighted by molar-refractivity contribution is 5.84. The van der Waals surface area contributed by atoms with Crippen molar-refractivity contribution in [1.82, 2.24) is 10.9 Å². The summed E-state index contributed by atoms with van der Waals surface area (Å²) in [4.78, 5) is 4.47. The Labute approximate surface area is 90.6 Å². The van der Waals surface area contributed by atoms with E-state index in [0.717, 1.165) is 25.3 Å². The van der Waals surface area contributed by atoms with Gasteiger partial charge in [-0.05, 0) is 12.0 Å². The van der Waals surface area contributed by atoms with E-state index in [-0.39, 0.29) is 0 Å². The number of benzene rings is 1. The highest BCUT2D eigenvalue weighted by Gasteiger charge is 2.12. The maximum absolute atomic E-state index is 4.47. The van der Waals surface area contributed by atoms with Gasteiger partial charge in [0.25, 0.3) is 0 Å². The van der Waals surface area contributed by atoms with Crippen LogP contribution in [0, 0.1) is 5.92 Å². The van der Waals surface area contributed by atoms with Gasteiger partial charge >= 0.3 is 0 Å². The van der Waals surface area contributed by atoms with E-state index in [2.05, 4.69) is 47.0 Å². The summed E-state index contributed by atoms with van der Waals surface area (Å²) < 4.78 is 0. The second-order valence-electron chi connectivity index (χ2n) is 3.91. The Hall–Kier alpha value is -1.35. The fraction of sp³-hybridized carbons (Fsp3) is 0.417. The van der Waals surface area contributed by atoms with Crippen LogP contribution < -0.4 is 10.9 Å². The number of amidine groups is 1. The number of nitrogens with one attached hydrogen (secondary N) is 2. The molecule has 2 N–H and O–H groups in total. The monoisotopic (exact) mass is 203 g/mol. The summed E-state index contributed by atoms with van der Waals surface area (Å²) in [5, 5.41) is 0. The van der Waals surface area contributed by atoms with Crippen LogP contribution in [0.3, 0.4) is 0 Å². The maximum Gasteiger partial charge on any atom is 0.114 e. The number of aliphatic imine (C=N–C) groups is 1. The molecule has 0 saturated carbocycles. The lowest BCUT2D eigenvalue weighted by Gasteiger charge is -2.21. The molecule has 3 nitrogen and oxygen atoms in total. The van der Waals surface area contributed by atoms with Gasteiger partial charge in [-0.3, -0.25) is 4.99 Å². The number of hydrogen-bond donors (Lipinski definition) is 2. The fourth-order valence-electron chi connectivity index (χ4n) is 1.77. The Kier molecular flexibility index (Phi) is 3.35. The van der Waals surface area contributed by atoms with Crippen molar-refractivity contribution in [3.8, 4) is 0 Å². The van der Waals surface area contributed by atoms with Gasteiger partial charge in [0.05, 0.1) is 6.54 Å². The van der Waals surface area contributed by atoms with Gasteiger partial charge in [-0.15, -0.1) is 0 Å². The molecule has 0 fully saturated rings. The van der Waals surface area contributed by atoms with Crippen LogP contribution in [0.2, 0.25) is 0 Å². The van der Waals surface area contributed by atoms with Gasteiger partial charge < -0.3 is 5.43 Å². The predicted molar refractivity (Wildman–Crippen MR) is 62.8 cm³/mol. The Morgan fingerprint density at radius 3 is 2.80 bits per heavy atom. The van der Waals surface area contributed by atoms with E-state index in [0.29, 0.717) is 5.92 Å². The Bertz CT molecular complexity index is 332. The van der Waals surface area contributed by atoms with Gasteiger partial charge in [0.15, 0.2) is 0 Å². The van der Waals surface area contributed by atoms with Crippen LogP contribution in [0.25, 0.3) is 0 Å². The van der Waals surface area contributed by atoms with Crippen LogP contribution in [0.15, 0.2) is 35.3 Å². The van der Waals surface area contributed by atoms with Crippen molar-refractivity contribution in [3.05, 3.63) is 35.9 Å².